The molecule has 0 saturated heterocycles. The van der Waals surface area contributed by atoms with E-state index in [1.807, 2.05) is 0 Å². The molecule has 27 heavy (non-hydrogen) atoms. The van der Waals surface area contributed by atoms with Crippen molar-refractivity contribution in [3.63, 3.8) is 0 Å². The van der Waals surface area contributed by atoms with E-state index in [9.17, 15) is 0 Å². The Bertz CT molecular complexity index is 1100. The molecule has 0 fully saturated rings. The Morgan fingerprint density at radius 3 is 2.26 bits per heavy atom. The van der Waals surface area contributed by atoms with E-state index in [1.54, 1.807) is 0 Å². The molecule has 0 radical (unpaired) electrons. The van der Waals surface area contributed by atoms with Gasteiger partial charge in [-0.15, -0.1) is 0 Å². The molecule has 0 heterocycles. The molecule has 4 rings (SSSR count). The van der Waals surface area contributed by atoms with Crippen LogP contribution in [0.3, 0.4) is 0 Å². The molecule has 132 valence electrons. The average Bonchev–Trinajstić information content (AvgIpc) is 2.70. The number of nitrogens with one attached hydrogen (secondary N) is 1. The van der Waals surface area contributed by atoms with Gasteiger partial charge in [0.05, 0.1) is 0 Å². The van der Waals surface area contributed by atoms with Gasteiger partial charge in [-0.05, 0) is 71.7 Å². The van der Waals surface area contributed by atoms with Crippen LogP contribution < -0.4 is 5.32 Å². The summed E-state index contributed by atoms with van der Waals surface area (Å²) in [5.41, 5.74) is 7.16. The van der Waals surface area contributed by atoms with Gasteiger partial charge in [-0.2, -0.15) is 0 Å². The zero-order valence-electron chi connectivity index (χ0n) is 15.7. The van der Waals surface area contributed by atoms with Crippen LogP contribution >= 0.6 is 0 Å². The van der Waals surface area contributed by atoms with Gasteiger partial charge in [-0.25, -0.2) is 0 Å². The molecule has 1 heteroatoms. The quantitative estimate of drug-likeness (QED) is 0.377. The molecule has 0 saturated carbocycles. The van der Waals surface area contributed by atoms with Crippen molar-refractivity contribution >= 4 is 33.8 Å². The summed E-state index contributed by atoms with van der Waals surface area (Å²) in [5, 5.41) is 6.09. The third kappa shape index (κ3) is 3.93. The van der Waals surface area contributed by atoms with Crippen molar-refractivity contribution in [2.75, 3.05) is 5.32 Å². The smallest absolute Gasteiger partial charge is 0.0457 e. The molecule has 0 aliphatic rings. The lowest BCUT2D eigenvalue weighted by Crippen LogP contribution is -1.93. The monoisotopic (exact) mass is 349 g/mol. The van der Waals surface area contributed by atoms with Crippen LogP contribution in [-0.4, -0.2) is 0 Å². The molecule has 0 aliphatic carbocycles. The Labute approximate surface area is 161 Å². The summed E-state index contributed by atoms with van der Waals surface area (Å²) in [5.74, 6) is 0. The fourth-order valence-corrected chi connectivity index (χ4v) is 3.28. The van der Waals surface area contributed by atoms with Crippen LogP contribution in [0.1, 0.15) is 23.6 Å². The first-order chi connectivity index (χ1) is 13.2. The lowest BCUT2D eigenvalue weighted by atomic mass is 10.00. The highest BCUT2D eigenvalue weighted by Gasteiger charge is 2.03. The van der Waals surface area contributed by atoms with Crippen LogP contribution in [0.2, 0.25) is 0 Å². The molecule has 0 atom stereocenters. The van der Waals surface area contributed by atoms with Gasteiger partial charge in [0.15, 0.2) is 0 Å². The summed E-state index contributed by atoms with van der Waals surface area (Å²) in [4.78, 5) is 0. The minimum atomic E-state index is 1.10. The highest BCUT2D eigenvalue weighted by atomic mass is 14.9. The van der Waals surface area contributed by atoms with E-state index in [4.69, 9.17) is 0 Å². The number of fused-ring (bicyclic) bond motifs is 1. The second-order valence-corrected chi connectivity index (χ2v) is 6.97. The molecule has 0 aliphatic heterocycles. The van der Waals surface area contributed by atoms with Crippen LogP contribution in [0.5, 0.6) is 0 Å². The summed E-state index contributed by atoms with van der Waals surface area (Å²) >= 11 is 0. The molecule has 0 amide bonds. The van der Waals surface area contributed by atoms with E-state index in [1.165, 1.54) is 33.0 Å². The van der Waals surface area contributed by atoms with E-state index in [0.717, 1.165) is 11.4 Å². The average molecular weight is 349 g/mol. The Kier molecular flexibility index (Phi) is 4.76. The van der Waals surface area contributed by atoms with Gasteiger partial charge in [0.2, 0.25) is 0 Å². The van der Waals surface area contributed by atoms with E-state index in [0.29, 0.717) is 0 Å². The first kappa shape index (κ1) is 17.1. The van der Waals surface area contributed by atoms with Crippen LogP contribution in [0.4, 0.5) is 11.4 Å². The topological polar surface area (TPSA) is 12.0 Å². The van der Waals surface area contributed by atoms with Crippen molar-refractivity contribution in [3.8, 4) is 0 Å². The second kappa shape index (κ2) is 7.51. The zero-order chi connectivity index (χ0) is 18.6. The Balaban J connectivity index is 1.67. The zero-order valence-corrected chi connectivity index (χ0v) is 15.7. The van der Waals surface area contributed by atoms with Crippen molar-refractivity contribution in [1.82, 2.24) is 0 Å². The third-order valence-corrected chi connectivity index (χ3v) is 4.87. The summed E-state index contributed by atoms with van der Waals surface area (Å²) in [6.07, 6.45) is 2.25. The van der Waals surface area contributed by atoms with Crippen LogP contribution in [-0.2, 0) is 0 Å². The molecule has 0 spiro atoms. The SMILES string of the molecule is C/C(=C\c1ccccc1Nc1ccc(C)cc1)c1ccc2ccccc2c1. The largest absolute Gasteiger partial charge is 0.355 e. The number of allylic oxidation sites excluding steroid dienone is 1. The molecule has 4 aromatic carbocycles. The van der Waals surface area contributed by atoms with Crippen molar-refractivity contribution in [1.29, 1.82) is 0 Å². The van der Waals surface area contributed by atoms with Crippen LogP contribution in [0.15, 0.2) is 91.0 Å². The molecule has 1 nitrogen and oxygen atoms in total. The van der Waals surface area contributed by atoms with Crippen LogP contribution in [0.25, 0.3) is 22.4 Å². The minimum Gasteiger partial charge on any atom is -0.355 e. The van der Waals surface area contributed by atoms with Gasteiger partial charge in [0.1, 0.15) is 0 Å². The maximum absolute atomic E-state index is 3.54. The Morgan fingerprint density at radius 1 is 0.741 bits per heavy atom. The fourth-order valence-electron chi connectivity index (χ4n) is 3.28. The number of anilines is 2. The predicted molar refractivity (Wildman–Crippen MR) is 118 cm³/mol. The first-order valence-electron chi connectivity index (χ1n) is 9.29. The van der Waals surface area contributed by atoms with E-state index < -0.39 is 0 Å². The molecule has 0 bridgehead atoms. The van der Waals surface area contributed by atoms with Crippen LogP contribution in [0, 0.1) is 6.92 Å². The van der Waals surface area contributed by atoms with Gasteiger partial charge >= 0.3 is 0 Å². The maximum Gasteiger partial charge on any atom is 0.0457 e. The highest BCUT2D eigenvalue weighted by molar-refractivity contribution is 5.90. The standard InChI is InChI=1S/C26H23N/c1-19-11-15-25(16-12-19)27-26-10-6-5-9-24(26)17-20(2)22-14-13-21-7-3-4-8-23(21)18-22/h3-18,27H,1-2H3/b20-17+. The van der Waals surface area contributed by atoms with Crippen molar-refractivity contribution in [2.45, 2.75) is 13.8 Å². The third-order valence-electron chi connectivity index (χ3n) is 4.87. The van der Waals surface area contributed by atoms with Crippen molar-refractivity contribution < 1.29 is 0 Å². The molecule has 1 N–H and O–H groups in total. The second-order valence-electron chi connectivity index (χ2n) is 6.97. The van der Waals surface area contributed by atoms with E-state index in [-0.39, 0.29) is 0 Å². The van der Waals surface area contributed by atoms with Crippen molar-refractivity contribution in [3.05, 3.63) is 108 Å². The predicted octanol–water partition coefficient (Wildman–Crippen LogP) is 7.45. The maximum atomic E-state index is 3.54. The Hall–Kier alpha value is -3.32. The van der Waals surface area contributed by atoms with Gasteiger partial charge in [0.25, 0.3) is 0 Å². The number of para-hydroxylation sites is 1. The van der Waals surface area contributed by atoms with E-state index >= 15 is 0 Å². The minimum absolute atomic E-state index is 1.10. The molecule has 0 unspecified atom stereocenters. The first-order valence-corrected chi connectivity index (χ1v) is 9.29. The number of hydrogen-bond donors (Lipinski definition) is 1. The number of rotatable bonds is 4. The fraction of sp³-hybridized carbons (Fsp3) is 0.0769. The van der Waals surface area contributed by atoms with Gasteiger partial charge < -0.3 is 5.32 Å². The lowest BCUT2D eigenvalue weighted by Gasteiger charge is -2.11. The Morgan fingerprint density at radius 2 is 1.44 bits per heavy atom. The summed E-state index contributed by atoms with van der Waals surface area (Å²) < 4.78 is 0. The molecule has 4 aromatic rings. The van der Waals surface area contributed by atoms with Crippen molar-refractivity contribution in [2.24, 2.45) is 0 Å². The summed E-state index contributed by atoms with van der Waals surface area (Å²) in [6, 6.07) is 32.1. The van der Waals surface area contributed by atoms with Gasteiger partial charge in [0, 0.05) is 11.4 Å². The number of benzene rings is 4. The number of hydrogen-bond acceptors (Lipinski definition) is 1. The molecular weight excluding hydrogens is 326 g/mol. The molecule has 0 aromatic heterocycles. The number of aryl methyl sites for hydroxylation is 1. The molecular formula is C26H23N. The lowest BCUT2D eigenvalue weighted by molar-refractivity contribution is 1.45. The van der Waals surface area contributed by atoms with Gasteiger partial charge in [-0.3, -0.25) is 0 Å². The normalized spacial score (nSPS) is 11.6. The van der Waals surface area contributed by atoms with E-state index in [2.05, 4.69) is 116 Å². The highest BCUT2D eigenvalue weighted by Crippen LogP contribution is 2.27. The van der Waals surface area contributed by atoms with Gasteiger partial charge in [-0.1, -0.05) is 72.3 Å². The summed E-state index contributed by atoms with van der Waals surface area (Å²) in [6.45, 7) is 4.28. The summed E-state index contributed by atoms with van der Waals surface area (Å²) in [7, 11) is 0.